The Bertz CT molecular complexity index is 4920. The van der Waals surface area contributed by atoms with Crippen LogP contribution in [0.4, 0.5) is 0 Å². The average molecular weight is 986 g/mol. The summed E-state index contributed by atoms with van der Waals surface area (Å²) in [6, 6.07) is 85.1. The first-order valence-corrected chi connectivity index (χ1v) is 26.5. The summed E-state index contributed by atoms with van der Waals surface area (Å²) in [7, 11) is 0. The van der Waals surface area contributed by atoms with Crippen LogP contribution in [0.2, 0.25) is 0 Å². The minimum Gasteiger partial charge on any atom is -0.456 e. The van der Waals surface area contributed by atoms with Gasteiger partial charge >= 0.3 is 0 Å². The van der Waals surface area contributed by atoms with Gasteiger partial charge in [0.25, 0.3) is 0 Å². The number of thiophene rings is 1. The molecule has 2 aliphatic carbocycles. The highest BCUT2D eigenvalue weighted by Crippen LogP contribution is 2.64. The van der Waals surface area contributed by atoms with Crippen LogP contribution in [0.1, 0.15) is 22.3 Å². The largest absolute Gasteiger partial charge is 0.456 e. The topological polar surface area (TPSA) is 65.0 Å². The summed E-state index contributed by atoms with van der Waals surface area (Å²) in [5.74, 6) is 1.75. The Hall–Kier alpha value is -9.75. The molecule has 4 heterocycles. The number of aromatic nitrogens is 3. The number of nitrogens with zero attached hydrogens (tertiary/aromatic N) is 3. The van der Waals surface area contributed by atoms with Gasteiger partial charge in [-0.2, -0.15) is 0 Å². The Morgan fingerprint density at radius 2 is 0.776 bits per heavy atom. The molecule has 5 nitrogen and oxygen atoms in total. The average Bonchev–Trinajstić information content (AvgIpc) is 4.49. The molecule has 76 heavy (non-hydrogen) atoms. The zero-order valence-corrected chi connectivity index (χ0v) is 41.4. The van der Waals surface area contributed by atoms with E-state index in [1.54, 1.807) is 11.3 Å². The standard InChI is InChI=1S/C70H39N3O2S/c1-6-26-55-45(17-1)46-18-2-7-27-56(46)70(55)57-28-8-3-19-47(57)49-23-12-22-44(66(49)70)42-16-11-15-40(37-42)41-33-35-60-54(38-41)64-51(24-13-30-61(64)75-60)68-71-67(43-34-36-59-53(39-43)48-20-4-9-29-58(48)74-59)72-69(73-68)52-25-14-32-63-65(52)50-21-5-10-31-62(50)76-63/h1-39H. The fourth-order valence-electron chi connectivity index (χ4n) is 13.0. The monoisotopic (exact) mass is 985 g/mol. The predicted octanol–water partition coefficient (Wildman–Crippen LogP) is 18.7. The molecule has 6 heteroatoms. The first-order chi connectivity index (χ1) is 37.7. The third-order valence-electron chi connectivity index (χ3n) is 16.2. The number of para-hydroxylation sites is 1. The fourth-order valence-corrected chi connectivity index (χ4v) is 14.2. The molecule has 0 atom stereocenters. The van der Waals surface area contributed by atoms with Crippen LogP contribution in [-0.4, -0.2) is 15.0 Å². The molecular formula is C70H39N3O2S. The van der Waals surface area contributed by atoms with Gasteiger partial charge in [-0.3, -0.25) is 0 Å². The van der Waals surface area contributed by atoms with Crippen molar-refractivity contribution in [1.82, 2.24) is 15.0 Å². The van der Waals surface area contributed by atoms with Gasteiger partial charge in [0.15, 0.2) is 17.5 Å². The van der Waals surface area contributed by atoms with Crippen molar-refractivity contribution >= 4 is 75.4 Å². The van der Waals surface area contributed by atoms with Crippen LogP contribution in [0.25, 0.3) is 143 Å². The first-order valence-electron chi connectivity index (χ1n) is 25.7. The Morgan fingerprint density at radius 3 is 1.57 bits per heavy atom. The van der Waals surface area contributed by atoms with Crippen LogP contribution < -0.4 is 0 Å². The molecule has 0 saturated heterocycles. The molecule has 0 N–H and O–H groups in total. The van der Waals surface area contributed by atoms with Crippen LogP contribution in [-0.2, 0) is 5.41 Å². The van der Waals surface area contributed by atoms with Crippen LogP contribution >= 0.6 is 11.3 Å². The molecule has 0 radical (unpaired) electrons. The number of fused-ring (bicyclic) bond motifs is 19. The maximum atomic E-state index is 6.72. The van der Waals surface area contributed by atoms with E-state index in [-0.39, 0.29) is 0 Å². The van der Waals surface area contributed by atoms with Gasteiger partial charge in [-0.05, 0) is 127 Å². The van der Waals surface area contributed by atoms with Gasteiger partial charge in [-0.15, -0.1) is 11.3 Å². The highest BCUT2D eigenvalue weighted by Gasteiger charge is 2.52. The number of hydrogen-bond donors (Lipinski definition) is 0. The van der Waals surface area contributed by atoms with Crippen molar-refractivity contribution in [1.29, 1.82) is 0 Å². The van der Waals surface area contributed by atoms with Crippen molar-refractivity contribution in [3.8, 4) is 78.7 Å². The van der Waals surface area contributed by atoms with Gasteiger partial charge in [0.05, 0.1) is 5.41 Å². The summed E-state index contributed by atoms with van der Waals surface area (Å²) in [5, 5.41) is 6.32. The molecule has 17 rings (SSSR count). The van der Waals surface area contributed by atoms with E-state index < -0.39 is 5.41 Å². The van der Waals surface area contributed by atoms with Crippen molar-refractivity contribution < 1.29 is 8.83 Å². The van der Waals surface area contributed by atoms with E-state index in [0.29, 0.717) is 17.5 Å². The molecule has 4 aromatic heterocycles. The third kappa shape index (κ3) is 5.76. The lowest BCUT2D eigenvalue weighted by atomic mass is 9.68. The van der Waals surface area contributed by atoms with Gasteiger partial charge in [-0.25, -0.2) is 15.0 Å². The molecule has 0 unspecified atom stereocenters. The summed E-state index contributed by atoms with van der Waals surface area (Å²) in [4.78, 5) is 16.1. The normalized spacial score (nSPS) is 13.1. The molecule has 0 saturated carbocycles. The second kappa shape index (κ2) is 15.6. The fraction of sp³-hybridized carbons (Fsp3) is 0.0143. The number of furan rings is 2. The lowest BCUT2D eigenvalue weighted by Crippen LogP contribution is -2.26. The van der Waals surface area contributed by atoms with E-state index in [1.165, 1.54) is 70.4 Å². The second-order valence-corrected chi connectivity index (χ2v) is 21.2. The Morgan fingerprint density at radius 1 is 0.289 bits per heavy atom. The molecule has 352 valence electrons. The van der Waals surface area contributed by atoms with E-state index in [0.717, 1.165) is 77.1 Å². The number of rotatable bonds is 5. The summed E-state index contributed by atoms with van der Waals surface area (Å²) in [6.07, 6.45) is 0. The van der Waals surface area contributed by atoms with Crippen LogP contribution in [0.3, 0.4) is 0 Å². The van der Waals surface area contributed by atoms with E-state index in [2.05, 4.69) is 200 Å². The van der Waals surface area contributed by atoms with Gasteiger partial charge < -0.3 is 8.83 Å². The maximum absolute atomic E-state index is 6.72. The van der Waals surface area contributed by atoms with Crippen molar-refractivity contribution in [2.24, 2.45) is 0 Å². The zero-order valence-electron chi connectivity index (χ0n) is 40.6. The lowest BCUT2D eigenvalue weighted by Gasteiger charge is -2.32. The third-order valence-corrected chi connectivity index (χ3v) is 17.3. The molecule has 11 aromatic carbocycles. The molecule has 1 spiro atoms. The van der Waals surface area contributed by atoms with Gasteiger partial charge in [0.1, 0.15) is 22.3 Å². The molecule has 0 aliphatic heterocycles. The Balaban J connectivity index is 0.846. The van der Waals surface area contributed by atoms with Crippen LogP contribution in [0.15, 0.2) is 245 Å². The maximum Gasteiger partial charge on any atom is 0.164 e. The van der Waals surface area contributed by atoms with Gasteiger partial charge in [0.2, 0.25) is 0 Å². The zero-order chi connectivity index (χ0) is 49.6. The van der Waals surface area contributed by atoms with Crippen molar-refractivity contribution in [3.05, 3.63) is 259 Å². The smallest absolute Gasteiger partial charge is 0.164 e. The van der Waals surface area contributed by atoms with E-state index in [9.17, 15) is 0 Å². The van der Waals surface area contributed by atoms with Gasteiger partial charge in [-0.1, -0.05) is 176 Å². The molecule has 0 fully saturated rings. The summed E-state index contributed by atoms with van der Waals surface area (Å²) in [5.41, 5.74) is 20.6. The van der Waals surface area contributed by atoms with E-state index in [1.807, 2.05) is 36.4 Å². The van der Waals surface area contributed by atoms with E-state index >= 15 is 0 Å². The minimum atomic E-state index is -0.462. The lowest BCUT2D eigenvalue weighted by molar-refractivity contribution is 0.668. The van der Waals surface area contributed by atoms with Crippen LogP contribution in [0, 0.1) is 0 Å². The highest BCUT2D eigenvalue weighted by molar-refractivity contribution is 7.25. The Labute approximate surface area is 439 Å². The SMILES string of the molecule is c1cc(-c2ccc3oc4cccc(-c5nc(-c6ccc7oc8ccccc8c7c6)nc(-c6cccc7sc8ccccc8c67)n5)c4c3c2)cc(-c2cccc3c2C2(c4ccccc4-c4ccccc42)c2ccccc2-3)c1. The molecule has 0 amide bonds. The predicted molar refractivity (Wildman–Crippen MR) is 311 cm³/mol. The summed E-state index contributed by atoms with van der Waals surface area (Å²) in [6.45, 7) is 0. The highest BCUT2D eigenvalue weighted by atomic mass is 32.1. The van der Waals surface area contributed by atoms with Crippen molar-refractivity contribution in [2.45, 2.75) is 5.41 Å². The first kappa shape index (κ1) is 41.7. The Kier molecular flexibility index (Phi) is 8.58. The van der Waals surface area contributed by atoms with Crippen molar-refractivity contribution in [2.75, 3.05) is 0 Å². The number of hydrogen-bond acceptors (Lipinski definition) is 6. The second-order valence-electron chi connectivity index (χ2n) is 20.1. The van der Waals surface area contributed by atoms with Crippen molar-refractivity contribution in [3.63, 3.8) is 0 Å². The molecular weight excluding hydrogens is 947 g/mol. The number of benzene rings is 11. The van der Waals surface area contributed by atoms with E-state index in [4.69, 9.17) is 23.8 Å². The van der Waals surface area contributed by atoms with Gasteiger partial charge in [0, 0.05) is 58.4 Å². The van der Waals surface area contributed by atoms with Crippen LogP contribution in [0.5, 0.6) is 0 Å². The summed E-state index contributed by atoms with van der Waals surface area (Å²) < 4.78 is 15.4. The summed E-state index contributed by atoms with van der Waals surface area (Å²) >= 11 is 1.79. The molecule has 0 bridgehead atoms. The molecule has 15 aromatic rings. The quantitative estimate of drug-likeness (QED) is 0.172. The minimum absolute atomic E-state index is 0.462. The molecule has 2 aliphatic rings.